The zero-order valence-electron chi connectivity index (χ0n) is 9.44. The van der Waals surface area contributed by atoms with Crippen LogP contribution in [0.3, 0.4) is 0 Å². The van der Waals surface area contributed by atoms with E-state index in [2.05, 4.69) is 11.4 Å². The Morgan fingerprint density at radius 3 is 3.00 bits per heavy atom. The van der Waals surface area contributed by atoms with Crippen molar-refractivity contribution in [2.75, 3.05) is 7.11 Å². The normalized spacial score (nSPS) is 23.5. The first-order chi connectivity index (χ1) is 7.81. The van der Waals surface area contributed by atoms with Crippen molar-refractivity contribution in [1.29, 1.82) is 5.26 Å². The van der Waals surface area contributed by atoms with Crippen molar-refractivity contribution in [3.05, 3.63) is 35.4 Å². The van der Waals surface area contributed by atoms with Gasteiger partial charge in [-0.2, -0.15) is 5.26 Å². The second kappa shape index (κ2) is 5.11. The number of rotatable bonds is 4. The van der Waals surface area contributed by atoms with Crippen molar-refractivity contribution in [1.82, 2.24) is 5.32 Å². The minimum absolute atomic E-state index is 0.433. The molecule has 84 valence electrons. The summed E-state index contributed by atoms with van der Waals surface area (Å²) in [5.41, 5.74) is 1.89. The Morgan fingerprint density at radius 2 is 2.31 bits per heavy atom. The van der Waals surface area contributed by atoms with E-state index < -0.39 is 0 Å². The van der Waals surface area contributed by atoms with Crippen molar-refractivity contribution < 1.29 is 4.74 Å². The highest BCUT2D eigenvalue weighted by Crippen LogP contribution is 2.22. The molecule has 0 saturated heterocycles. The van der Waals surface area contributed by atoms with Crippen molar-refractivity contribution >= 4 is 0 Å². The van der Waals surface area contributed by atoms with Gasteiger partial charge in [0, 0.05) is 19.7 Å². The first-order valence-corrected chi connectivity index (χ1v) is 5.57. The third-order valence-corrected chi connectivity index (χ3v) is 3.08. The van der Waals surface area contributed by atoms with Gasteiger partial charge in [0.2, 0.25) is 0 Å². The van der Waals surface area contributed by atoms with Gasteiger partial charge in [0.15, 0.2) is 0 Å². The number of methoxy groups -OCH3 is 1. The molecule has 0 aliphatic heterocycles. The topological polar surface area (TPSA) is 45.0 Å². The third-order valence-electron chi connectivity index (χ3n) is 3.08. The van der Waals surface area contributed by atoms with Crippen LogP contribution in [-0.4, -0.2) is 19.3 Å². The van der Waals surface area contributed by atoms with Gasteiger partial charge < -0.3 is 10.1 Å². The largest absolute Gasteiger partial charge is 0.381 e. The van der Waals surface area contributed by atoms with E-state index in [1.54, 1.807) is 7.11 Å². The molecule has 0 aromatic heterocycles. The van der Waals surface area contributed by atoms with Crippen LogP contribution < -0.4 is 5.32 Å². The summed E-state index contributed by atoms with van der Waals surface area (Å²) in [5, 5.41) is 12.2. The lowest BCUT2D eigenvalue weighted by Gasteiger charge is -2.34. The first kappa shape index (κ1) is 11.1. The number of nitrogens with zero attached hydrogens (tertiary/aromatic N) is 1. The lowest BCUT2D eigenvalue weighted by molar-refractivity contribution is 0.0170. The Balaban J connectivity index is 1.80. The van der Waals surface area contributed by atoms with Crippen LogP contribution >= 0.6 is 0 Å². The number of ether oxygens (including phenoxy) is 1. The molecule has 16 heavy (non-hydrogen) atoms. The molecular weight excluding hydrogens is 200 g/mol. The van der Waals surface area contributed by atoms with Crippen LogP contribution in [0.2, 0.25) is 0 Å². The summed E-state index contributed by atoms with van der Waals surface area (Å²) < 4.78 is 5.22. The van der Waals surface area contributed by atoms with Gasteiger partial charge in [-0.05, 0) is 30.5 Å². The Kier molecular flexibility index (Phi) is 3.55. The molecule has 2 rings (SSSR count). The molecule has 1 N–H and O–H groups in total. The van der Waals surface area contributed by atoms with Gasteiger partial charge in [0.25, 0.3) is 0 Å². The van der Waals surface area contributed by atoms with Gasteiger partial charge >= 0.3 is 0 Å². The zero-order chi connectivity index (χ0) is 11.4. The van der Waals surface area contributed by atoms with Gasteiger partial charge in [-0.15, -0.1) is 0 Å². The molecule has 0 amide bonds. The van der Waals surface area contributed by atoms with E-state index in [4.69, 9.17) is 10.00 Å². The summed E-state index contributed by atoms with van der Waals surface area (Å²) in [6, 6.07) is 10.4. The fourth-order valence-electron chi connectivity index (χ4n) is 1.94. The van der Waals surface area contributed by atoms with Crippen molar-refractivity contribution in [2.24, 2.45) is 0 Å². The zero-order valence-corrected chi connectivity index (χ0v) is 9.44. The van der Waals surface area contributed by atoms with Gasteiger partial charge in [0.1, 0.15) is 0 Å². The molecule has 1 aliphatic rings. The summed E-state index contributed by atoms with van der Waals surface area (Å²) in [5.74, 6) is 0. The Bertz CT molecular complexity index is 391. The minimum Gasteiger partial charge on any atom is -0.381 e. The van der Waals surface area contributed by atoms with Gasteiger partial charge in [-0.1, -0.05) is 12.1 Å². The van der Waals surface area contributed by atoms with Gasteiger partial charge in [0.05, 0.1) is 17.7 Å². The smallest absolute Gasteiger partial charge is 0.0991 e. The molecule has 0 bridgehead atoms. The van der Waals surface area contributed by atoms with Crippen molar-refractivity contribution in [3.63, 3.8) is 0 Å². The van der Waals surface area contributed by atoms with Crippen LogP contribution in [0.4, 0.5) is 0 Å². The first-order valence-electron chi connectivity index (χ1n) is 5.57. The van der Waals surface area contributed by atoms with Crippen molar-refractivity contribution in [3.8, 4) is 6.07 Å². The maximum absolute atomic E-state index is 8.78. The van der Waals surface area contributed by atoms with E-state index in [9.17, 15) is 0 Å². The quantitative estimate of drug-likeness (QED) is 0.835. The number of hydrogen-bond acceptors (Lipinski definition) is 3. The standard InChI is InChI=1S/C13H16N2O/c1-16-13-6-12(7-13)15-9-11-4-2-3-10(5-11)8-14/h2-5,12-13,15H,6-7,9H2,1H3. The van der Waals surface area contributed by atoms with E-state index in [0.717, 1.165) is 24.9 Å². The monoisotopic (exact) mass is 216 g/mol. The van der Waals surface area contributed by atoms with Crippen LogP contribution in [0.15, 0.2) is 24.3 Å². The molecule has 0 heterocycles. The number of nitriles is 1. The van der Waals surface area contributed by atoms with Crippen LogP contribution in [0.5, 0.6) is 0 Å². The molecule has 3 nitrogen and oxygen atoms in total. The molecule has 0 radical (unpaired) electrons. The fourth-order valence-corrected chi connectivity index (χ4v) is 1.94. The van der Waals surface area contributed by atoms with E-state index >= 15 is 0 Å². The summed E-state index contributed by atoms with van der Waals surface area (Å²) in [6.45, 7) is 0.830. The molecule has 0 atom stereocenters. The third kappa shape index (κ3) is 2.60. The maximum atomic E-state index is 8.78. The molecule has 1 aromatic carbocycles. The maximum Gasteiger partial charge on any atom is 0.0991 e. The lowest BCUT2D eigenvalue weighted by atomic mass is 9.89. The van der Waals surface area contributed by atoms with E-state index in [-0.39, 0.29) is 0 Å². The number of benzene rings is 1. The van der Waals surface area contributed by atoms with E-state index in [0.29, 0.717) is 12.1 Å². The fraction of sp³-hybridized carbons (Fsp3) is 0.462. The summed E-state index contributed by atoms with van der Waals surface area (Å²) in [6.07, 6.45) is 2.62. The number of hydrogen-bond donors (Lipinski definition) is 1. The molecule has 0 unspecified atom stereocenters. The molecule has 3 heteroatoms. The average molecular weight is 216 g/mol. The summed E-state index contributed by atoms with van der Waals surface area (Å²) >= 11 is 0. The van der Waals surface area contributed by atoms with Crippen LogP contribution in [0, 0.1) is 11.3 Å². The number of nitrogens with one attached hydrogen (secondary N) is 1. The lowest BCUT2D eigenvalue weighted by Crippen LogP contribution is -2.44. The molecule has 0 spiro atoms. The molecule has 1 aromatic rings. The molecule has 1 aliphatic carbocycles. The van der Waals surface area contributed by atoms with E-state index in [1.165, 1.54) is 5.56 Å². The Labute approximate surface area is 96.0 Å². The summed E-state index contributed by atoms with van der Waals surface area (Å²) in [4.78, 5) is 0. The Morgan fingerprint density at radius 1 is 1.50 bits per heavy atom. The predicted molar refractivity (Wildman–Crippen MR) is 61.8 cm³/mol. The van der Waals surface area contributed by atoms with Crippen LogP contribution in [0.1, 0.15) is 24.0 Å². The van der Waals surface area contributed by atoms with E-state index in [1.807, 2.05) is 24.3 Å². The highest BCUT2D eigenvalue weighted by Gasteiger charge is 2.28. The van der Waals surface area contributed by atoms with Crippen molar-refractivity contribution in [2.45, 2.75) is 31.5 Å². The Hall–Kier alpha value is -1.37. The molecule has 1 saturated carbocycles. The molecule has 1 fully saturated rings. The second-order valence-electron chi connectivity index (χ2n) is 4.22. The highest BCUT2D eigenvalue weighted by atomic mass is 16.5. The molecular formula is C13H16N2O. The van der Waals surface area contributed by atoms with Crippen LogP contribution in [0.25, 0.3) is 0 Å². The SMILES string of the molecule is COC1CC(NCc2cccc(C#N)c2)C1. The second-order valence-corrected chi connectivity index (χ2v) is 4.22. The highest BCUT2D eigenvalue weighted by molar-refractivity contribution is 5.32. The average Bonchev–Trinajstić information content (AvgIpc) is 2.28. The van der Waals surface area contributed by atoms with Gasteiger partial charge in [-0.25, -0.2) is 0 Å². The minimum atomic E-state index is 0.433. The summed E-state index contributed by atoms with van der Waals surface area (Å²) in [7, 11) is 1.76. The van der Waals surface area contributed by atoms with Crippen LogP contribution in [-0.2, 0) is 11.3 Å². The predicted octanol–water partition coefficient (Wildman–Crippen LogP) is 1.83. The van der Waals surface area contributed by atoms with Gasteiger partial charge in [-0.3, -0.25) is 0 Å².